The number of benzene rings is 1. The summed E-state index contributed by atoms with van der Waals surface area (Å²) in [4.78, 5) is 0. The van der Waals surface area contributed by atoms with Crippen LogP contribution in [0.4, 0.5) is 8.78 Å². The van der Waals surface area contributed by atoms with Crippen molar-refractivity contribution in [1.82, 2.24) is 5.32 Å². The first-order valence-corrected chi connectivity index (χ1v) is 5.96. The molecule has 0 heterocycles. The molecule has 1 N–H and O–H groups in total. The Labute approximate surface area is 101 Å². The molecule has 0 aliphatic heterocycles. The first-order chi connectivity index (χ1) is 8.19. The zero-order valence-corrected chi connectivity index (χ0v) is 10.2. The summed E-state index contributed by atoms with van der Waals surface area (Å²) in [6.07, 6.45) is 1.89. The highest BCUT2D eigenvalue weighted by molar-refractivity contribution is 5.36. The van der Waals surface area contributed by atoms with Gasteiger partial charge in [0.05, 0.1) is 0 Å². The van der Waals surface area contributed by atoms with Gasteiger partial charge in [0.2, 0.25) is 0 Å². The van der Waals surface area contributed by atoms with Crippen molar-refractivity contribution in [2.75, 3.05) is 6.54 Å². The highest BCUT2D eigenvalue weighted by atomic mass is 19.3. The summed E-state index contributed by atoms with van der Waals surface area (Å²) in [5, 5.41) is 3.29. The van der Waals surface area contributed by atoms with Crippen molar-refractivity contribution in [3.8, 4) is 5.75 Å². The van der Waals surface area contributed by atoms with Crippen molar-refractivity contribution in [1.29, 1.82) is 0 Å². The molecule has 2 nitrogen and oxygen atoms in total. The van der Waals surface area contributed by atoms with E-state index in [2.05, 4.69) is 17.0 Å². The fraction of sp³-hybridized carbons (Fsp3) is 0.538. The standard InChI is InChI=1S/C13H19F2NO/c1-3-7-11(16-4-2)10-8-5-6-9-12(10)17-13(14)15/h5-6,8-9,11,13,16H,3-4,7H2,1-2H3. The Morgan fingerprint density at radius 2 is 1.94 bits per heavy atom. The summed E-state index contributed by atoms with van der Waals surface area (Å²) in [5.74, 6) is 0.266. The lowest BCUT2D eigenvalue weighted by molar-refractivity contribution is -0.0507. The molecule has 4 heteroatoms. The number of nitrogens with one attached hydrogen (secondary N) is 1. The van der Waals surface area contributed by atoms with Crippen LogP contribution in [0.3, 0.4) is 0 Å². The van der Waals surface area contributed by atoms with E-state index in [4.69, 9.17) is 0 Å². The minimum Gasteiger partial charge on any atom is -0.434 e. The smallest absolute Gasteiger partial charge is 0.387 e. The highest BCUT2D eigenvalue weighted by Gasteiger charge is 2.16. The largest absolute Gasteiger partial charge is 0.434 e. The van der Waals surface area contributed by atoms with Gasteiger partial charge in [-0.25, -0.2) is 0 Å². The van der Waals surface area contributed by atoms with Crippen molar-refractivity contribution in [3.05, 3.63) is 29.8 Å². The Balaban J connectivity index is 2.91. The van der Waals surface area contributed by atoms with E-state index in [-0.39, 0.29) is 11.8 Å². The van der Waals surface area contributed by atoms with Crippen molar-refractivity contribution in [2.45, 2.75) is 39.3 Å². The maximum atomic E-state index is 12.3. The number of halogens is 2. The molecule has 1 atom stereocenters. The van der Waals surface area contributed by atoms with Crippen molar-refractivity contribution >= 4 is 0 Å². The molecule has 0 bridgehead atoms. The van der Waals surface area contributed by atoms with Gasteiger partial charge in [0.25, 0.3) is 0 Å². The molecule has 17 heavy (non-hydrogen) atoms. The Morgan fingerprint density at radius 3 is 2.53 bits per heavy atom. The van der Waals surface area contributed by atoms with Gasteiger partial charge in [-0.3, -0.25) is 0 Å². The first kappa shape index (κ1) is 13.9. The van der Waals surface area contributed by atoms with Crippen LogP contribution in [0, 0.1) is 0 Å². The van der Waals surface area contributed by atoms with Gasteiger partial charge in [0.15, 0.2) is 0 Å². The second-order valence-corrected chi connectivity index (χ2v) is 3.82. The summed E-state index contributed by atoms with van der Waals surface area (Å²) in [6.45, 7) is 2.09. The maximum absolute atomic E-state index is 12.3. The quantitative estimate of drug-likeness (QED) is 0.787. The van der Waals surface area contributed by atoms with Gasteiger partial charge in [-0.2, -0.15) is 8.78 Å². The van der Waals surface area contributed by atoms with E-state index < -0.39 is 6.61 Å². The molecule has 1 aromatic rings. The molecule has 0 saturated heterocycles. The Kier molecular flexibility index (Phi) is 5.91. The molecule has 0 aliphatic carbocycles. The molecule has 1 aromatic carbocycles. The van der Waals surface area contributed by atoms with E-state index in [0.29, 0.717) is 0 Å². The maximum Gasteiger partial charge on any atom is 0.387 e. The van der Waals surface area contributed by atoms with E-state index >= 15 is 0 Å². The molecule has 0 radical (unpaired) electrons. The van der Waals surface area contributed by atoms with E-state index in [1.807, 2.05) is 19.1 Å². The lowest BCUT2D eigenvalue weighted by atomic mass is 10.0. The summed E-state index contributed by atoms with van der Waals surface area (Å²) < 4.78 is 29.1. The number of hydrogen-bond acceptors (Lipinski definition) is 2. The van der Waals surface area contributed by atoms with Crippen LogP contribution in [-0.2, 0) is 0 Å². The van der Waals surface area contributed by atoms with E-state index in [1.165, 1.54) is 0 Å². The monoisotopic (exact) mass is 243 g/mol. The predicted octanol–water partition coefficient (Wildman–Crippen LogP) is 3.74. The number of alkyl halides is 2. The molecule has 0 aromatic heterocycles. The summed E-state index contributed by atoms with van der Waals surface area (Å²) in [5.41, 5.74) is 0.802. The predicted molar refractivity (Wildman–Crippen MR) is 64.4 cm³/mol. The molecule has 1 unspecified atom stereocenters. The number of ether oxygens (including phenoxy) is 1. The van der Waals surface area contributed by atoms with Gasteiger partial charge in [-0.1, -0.05) is 38.5 Å². The van der Waals surface area contributed by atoms with Crippen LogP contribution in [0.15, 0.2) is 24.3 Å². The Bertz CT molecular complexity index is 325. The number of rotatable bonds is 7. The Hall–Kier alpha value is -1.16. The van der Waals surface area contributed by atoms with Gasteiger partial charge >= 0.3 is 6.61 Å². The second-order valence-electron chi connectivity index (χ2n) is 3.82. The fourth-order valence-corrected chi connectivity index (χ4v) is 1.87. The van der Waals surface area contributed by atoms with Crippen LogP contribution < -0.4 is 10.1 Å². The molecule has 0 saturated carbocycles. The van der Waals surface area contributed by atoms with Gasteiger partial charge in [-0.05, 0) is 19.0 Å². The Morgan fingerprint density at radius 1 is 1.24 bits per heavy atom. The third kappa shape index (κ3) is 4.30. The van der Waals surface area contributed by atoms with Gasteiger partial charge in [0, 0.05) is 11.6 Å². The second kappa shape index (κ2) is 7.22. The summed E-state index contributed by atoms with van der Waals surface area (Å²) >= 11 is 0. The van der Waals surface area contributed by atoms with Crippen LogP contribution >= 0.6 is 0 Å². The van der Waals surface area contributed by atoms with Crippen LogP contribution in [0.2, 0.25) is 0 Å². The average Bonchev–Trinajstić information content (AvgIpc) is 2.29. The minimum atomic E-state index is -2.78. The minimum absolute atomic E-state index is 0.0694. The van der Waals surface area contributed by atoms with Crippen molar-refractivity contribution in [2.24, 2.45) is 0 Å². The van der Waals surface area contributed by atoms with Crippen LogP contribution in [0.1, 0.15) is 38.3 Å². The number of para-hydroxylation sites is 1. The van der Waals surface area contributed by atoms with E-state index in [0.717, 1.165) is 24.9 Å². The summed E-state index contributed by atoms with van der Waals surface area (Å²) in [7, 11) is 0. The molecule has 96 valence electrons. The lowest BCUT2D eigenvalue weighted by Gasteiger charge is -2.20. The zero-order valence-electron chi connectivity index (χ0n) is 10.2. The van der Waals surface area contributed by atoms with Gasteiger partial charge in [0.1, 0.15) is 5.75 Å². The molecule has 0 amide bonds. The van der Waals surface area contributed by atoms with Gasteiger partial charge < -0.3 is 10.1 Å². The van der Waals surface area contributed by atoms with E-state index in [1.54, 1.807) is 12.1 Å². The molecule has 0 aliphatic rings. The fourth-order valence-electron chi connectivity index (χ4n) is 1.87. The van der Waals surface area contributed by atoms with E-state index in [9.17, 15) is 8.78 Å². The average molecular weight is 243 g/mol. The highest BCUT2D eigenvalue weighted by Crippen LogP contribution is 2.29. The van der Waals surface area contributed by atoms with Crippen LogP contribution in [0.25, 0.3) is 0 Å². The molecular weight excluding hydrogens is 224 g/mol. The third-order valence-corrected chi connectivity index (χ3v) is 2.54. The number of hydrogen-bond donors (Lipinski definition) is 1. The van der Waals surface area contributed by atoms with Gasteiger partial charge in [-0.15, -0.1) is 0 Å². The molecule has 0 fully saturated rings. The summed E-state index contributed by atoms with van der Waals surface area (Å²) in [6, 6.07) is 7.03. The lowest BCUT2D eigenvalue weighted by Crippen LogP contribution is -2.21. The van der Waals surface area contributed by atoms with Crippen molar-refractivity contribution < 1.29 is 13.5 Å². The third-order valence-electron chi connectivity index (χ3n) is 2.54. The first-order valence-electron chi connectivity index (χ1n) is 5.96. The normalized spacial score (nSPS) is 12.8. The molecule has 0 spiro atoms. The van der Waals surface area contributed by atoms with Crippen molar-refractivity contribution in [3.63, 3.8) is 0 Å². The van der Waals surface area contributed by atoms with Crippen LogP contribution in [-0.4, -0.2) is 13.2 Å². The topological polar surface area (TPSA) is 21.3 Å². The SMILES string of the molecule is CCCC(NCC)c1ccccc1OC(F)F. The molecule has 1 rings (SSSR count). The molecular formula is C13H19F2NO. The van der Waals surface area contributed by atoms with Crippen LogP contribution in [0.5, 0.6) is 5.75 Å². The zero-order chi connectivity index (χ0) is 12.7.